The van der Waals surface area contributed by atoms with Gasteiger partial charge in [-0.15, -0.1) is 0 Å². The summed E-state index contributed by atoms with van der Waals surface area (Å²) < 4.78 is 15.6. The summed E-state index contributed by atoms with van der Waals surface area (Å²) in [6, 6.07) is 0. The van der Waals surface area contributed by atoms with Gasteiger partial charge in [0, 0.05) is 12.8 Å². The second kappa shape index (κ2) is 29.9. The molecular weight excluding hydrogens is 676 g/mol. The minimum Gasteiger partial charge on any atom is -0.423 e. The van der Waals surface area contributed by atoms with Crippen LogP contribution in [-0.4, -0.2) is 73.6 Å². The van der Waals surface area contributed by atoms with Gasteiger partial charge < -0.3 is 39.7 Å². The summed E-state index contributed by atoms with van der Waals surface area (Å²) in [6.45, 7) is 4.52. The van der Waals surface area contributed by atoms with Crippen LogP contribution >= 0.6 is 0 Å². The Morgan fingerprint density at radius 2 is 0.792 bits per heavy atom. The van der Waals surface area contributed by atoms with Crippen molar-refractivity contribution in [1.29, 1.82) is 0 Å². The van der Waals surface area contributed by atoms with Crippen LogP contribution in [0.5, 0.6) is 0 Å². The number of aliphatic hydroxyl groups excluding tert-OH is 2. The third-order valence-electron chi connectivity index (χ3n) is 10.9. The number of ether oxygens (including phenoxy) is 3. The lowest BCUT2D eigenvalue weighted by atomic mass is 9.85. The maximum atomic E-state index is 12.9. The zero-order valence-electron chi connectivity index (χ0n) is 34.3. The lowest BCUT2D eigenvalue weighted by Crippen LogP contribution is -2.81. The van der Waals surface area contributed by atoms with E-state index >= 15 is 0 Å². The Labute approximate surface area is 323 Å². The molecule has 0 aromatic carbocycles. The lowest BCUT2D eigenvalue weighted by Gasteiger charge is -2.54. The molecule has 0 aromatic heterocycles. The Morgan fingerprint density at radius 3 is 1.09 bits per heavy atom. The first-order chi connectivity index (χ1) is 25.5. The van der Waals surface area contributed by atoms with Crippen molar-refractivity contribution in [3.8, 4) is 0 Å². The smallest absolute Gasteiger partial charge is 0.334 e. The molecule has 10 nitrogen and oxygen atoms in total. The molecule has 5 atom stereocenters. The second-order valence-electron chi connectivity index (χ2n) is 16.0. The van der Waals surface area contributed by atoms with E-state index in [4.69, 9.17) is 14.2 Å². The summed E-state index contributed by atoms with van der Waals surface area (Å²) in [4.78, 5) is 25.7. The van der Waals surface area contributed by atoms with Gasteiger partial charge in [-0.2, -0.15) is 0 Å². The minimum absolute atomic E-state index is 0.122. The summed E-state index contributed by atoms with van der Waals surface area (Å²) in [5.41, 5.74) is 0. The van der Waals surface area contributed by atoms with E-state index in [9.17, 15) is 35.1 Å². The van der Waals surface area contributed by atoms with E-state index in [1.54, 1.807) is 0 Å². The molecule has 1 rings (SSSR count). The first-order valence-corrected chi connectivity index (χ1v) is 22.1. The highest BCUT2D eigenvalue weighted by Gasteiger charge is 2.75. The van der Waals surface area contributed by atoms with Crippen molar-refractivity contribution in [2.75, 3.05) is 6.61 Å². The number of aliphatic hydroxyl groups is 5. The van der Waals surface area contributed by atoms with Crippen LogP contribution in [0.25, 0.3) is 0 Å². The average Bonchev–Trinajstić information content (AvgIpc) is 3.12. The SMILES string of the molecule is CCCCCCCCCCCCCCCCCC(=O)O[C@@]1(O)[C@@H](O)[C@@H](CO)OC(C)(O)[C@@]1(O)OC(=O)CCCCCCCCCCCCCCCCC. The van der Waals surface area contributed by atoms with Crippen LogP contribution in [0.15, 0.2) is 0 Å². The first-order valence-electron chi connectivity index (χ1n) is 22.1. The van der Waals surface area contributed by atoms with Crippen molar-refractivity contribution in [1.82, 2.24) is 0 Å². The van der Waals surface area contributed by atoms with Crippen LogP contribution in [0.1, 0.15) is 226 Å². The second-order valence-corrected chi connectivity index (χ2v) is 16.0. The predicted molar refractivity (Wildman–Crippen MR) is 210 cm³/mol. The van der Waals surface area contributed by atoms with Gasteiger partial charge in [-0.3, -0.25) is 9.59 Å². The number of carbonyl (C=O) groups excluding carboxylic acids is 2. The first kappa shape index (κ1) is 49.7. The van der Waals surface area contributed by atoms with Crippen molar-refractivity contribution in [2.24, 2.45) is 0 Å². The van der Waals surface area contributed by atoms with Gasteiger partial charge in [-0.1, -0.05) is 194 Å². The van der Waals surface area contributed by atoms with Gasteiger partial charge in [-0.25, -0.2) is 0 Å². The zero-order valence-corrected chi connectivity index (χ0v) is 34.3. The van der Waals surface area contributed by atoms with Crippen LogP contribution in [0, 0.1) is 0 Å². The van der Waals surface area contributed by atoms with Crippen LogP contribution in [0.4, 0.5) is 0 Å². The molecule has 53 heavy (non-hydrogen) atoms. The topological polar surface area (TPSA) is 163 Å². The Hall–Kier alpha value is -1.30. The molecule has 1 unspecified atom stereocenters. The van der Waals surface area contributed by atoms with Gasteiger partial charge in [0.25, 0.3) is 0 Å². The fraction of sp³-hybridized carbons (Fsp3) is 0.953. The van der Waals surface area contributed by atoms with E-state index in [2.05, 4.69) is 13.8 Å². The predicted octanol–water partition coefficient (Wildman–Crippen LogP) is 9.43. The molecule has 1 aliphatic heterocycles. The van der Waals surface area contributed by atoms with E-state index in [0.717, 1.165) is 58.3 Å². The standard InChI is InChI=1S/C43H82O10/c1-4-6-8-10-12-14-16-18-20-22-24-26-28-30-32-34-38(45)52-42(49)40(47)37(36-44)51-41(3,48)43(42,50)53-39(46)35-33-31-29-27-25-23-21-19-17-15-13-11-9-7-5-2/h37,40,44,47-50H,4-36H2,1-3H3/t37-,40+,41?,42+,43-/m1/s1. The molecule has 314 valence electrons. The Morgan fingerprint density at radius 1 is 0.509 bits per heavy atom. The summed E-state index contributed by atoms with van der Waals surface area (Å²) in [6.07, 6.45) is 30.7. The van der Waals surface area contributed by atoms with Crippen molar-refractivity contribution >= 4 is 11.9 Å². The van der Waals surface area contributed by atoms with Crippen molar-refractivity contribution < 1.29 is 49.3 Å². The molecule has 1 heterocycles. The fourth-order valence-corrected chi connectivity index (χ4v) is 7.38. The van der Waals surface area contributed by atoms with Crippen LogP contribution < -0.4 is 0 Å². The number of rotatable bonds is 35. The van der Waals surface area contributed by atoms with Crippen LogP contribution in [0.3, 0.4) is 0 Å². The number of carbonyl (C=O) groups is 2. The highest BCUT2D eigenvalue weighted by atomic mass is 16.8. The van der Waals surface area contributed by atoms with E-state index in [0.29, 0.717) is 12.8 Å². The molecule has 0 radical (unpaired) electrons. The van der Waals surface area contributed by atoms with Gasteiger partial charge in [0.2, 0.25) is 5.79 Å². The fourth-order valence-electron chi connectivity index (χ4n) is 7.38. The average molecular weight is 759 g/mol. The van der Waals surface area contributed by atoms with Crippen molar-refractivity contribution in [3.05, 3.63) is 0 Å². The molecule has 0 aromatic rings. The summed E-state index contributed by atoms with van der Waals surface area (Å²) >= 11 is 0. The molecule has 1 fully saturated rings. The molecule has 0 saturated carbocycles. The molecule has 1 aliphatic rings. The third-order valence-corrected chi connectivity index (χ3v) is 10.9. The molecule has 5 N–H and O–H groups in total. The Bertz CT molecular complexity index is 914. The monoisotopic (exact) mass is 759 g/mol. The van der Waals surface area contributed by atoms with E-state index in [-0.39, 0.29) is 12.8 Å². The molecule has 0 amide bonds. The van der Waals surface area contributed by atoms with Gasteiger partial charge in [0.15, 0.2) is 6.10 Å². The quantitative estimate of drug-likeness (QED) is 0.0239. The third kappa shape index (κ3) is 19.9. The van der Waals surface area contributed by atoms with E-state index in [1.807, 2.05) is 0 Å². The van der Waals surface area contributed by atoms with Gasteiger partial charge in [0.1, 0.15) is 6.10 Å². The highest BCUT2D eigenvalue weighted by Crippen LogP contribution is 2.45. The molecule has 0 spiro atoms. The minimum atomic E-state index is -3.36. The largest absolute Gasteiger partial charge is 0.423 e. The summed E-state index contributed by atoms with van der Waals surface area (Å²) in [5.74, 6) is -11.4. The highest BCUT2D eigenvalue weighted by molar-refractivity contribution is 5.71. The maximum absolute atomic E-state index is 12.9. The number of hydrogen-bond acceptors (Lipinski definition) is 10. The molecule has 1 saturated heterocycles. The number of hydrogen-bond donors (Lipinski definition) is 5. The molecule has 0 bridgehead atoms. The van der Waals surface area contributed by atoms with Gasteiger partial charge in [0.05, 0.1) is 6.61 Å². The Balaban J connectivity index is 2.40. The van der Waals surface area contributed by atoms with Gasteiger partial charge >= 0.3 is 23.5 Å². The normalized spacial score (nSPS) is 24.4. The van der Waals surface area contributed by atoms with Crippen LogP contribution in [0.2, 0.25) is 0 Å². The van der Waals surface area contributed by atoms with E-state index < -0.39 is 48.1 Å². The lowest BCUT2D eigenvalue weighted by molar-refractivity contribution is -0.507. The van der Waals surface area contributed by atoms with E-state index in [1.165, 1.54) is 128 Å². The number of unbranched alkanes of at least 4 members (excludes halogenated alkanes) is 28. The summed E-state index contributed by atoms with van der Waals surface area (Å²) in [5, 5.41) is 54.5. The molecule has 0 aliphatic carbocycles. The van der Waals surface area contributed by atoms with Crippen molar-refractivity contribution in [3.63, 3.8) is 0 Å². The number of esters is 2. The zero-order chi connectivity index (χ0) is 39.3. The maximum Gasteiger partial charge on any atom is 0.334 e. The van der Waals surface area contributed by atoms with Crippen molar-refractivity contribution in [2.45, 2.75) is 256 Å². The Kier molecular flexibility index (Phi) is 28.1. The molecule has 10 heteroatoms. The van der Waals surface area contributed by atoms with Gasteiger partial charge in [-0.05, 0) is 19.8 Å². The van der Waals surface area contributed by atoms with Crippen LogP contribution in [-0.2, 0) is 23.8 Å². The summed E-state index contributed by atoms with van der Waals surface area (Å²) in [7, 11) is 0. The molecular formula is C43H82O10.